The molecule has 0 unspecified atom stereocenters. The van der Waals surface area contributed by atoms with Gasteiger partial charge in [0.25, 0.3) is 0 Å². The summed E-state index contributed by atoms with van der Waals surface area (Å²) in [5.74, 6) is 3.11. The van der Waals surface area contributed by atoms with E-state index in [1.807, 2.05) is 0 Å². The number of terminal acetylenes is 1. The van der Waals surface area contributed by atoms with Crippen LogP contribution in [0.3, 0.4) is 0 Å². The number of primary sulfonamides is 1. The number of sulfonamides is 1. The molecule has 0 fully saturated rings. The van der Waals surface area contributed by atoms with Crippen LogP contribution < -0.4 is 9.88 Å². The minimum absolute atomic E-state index is 0.0727. The number of hydrogen-bond donors (Lipinski definition) is 1. The Labute approximate surface area is 95.5 Å². The lowest BCUT2D eigenvalue weighted by Gasteiger charge is -2.05. The molecule has 0 amide bonds. The maximum atomic E-state index is 11.0. The van der Waals surface area contributed by atoms with Crippen LogP contribution in [0.2, 0.25) is 0 Å². The van der Waals surface area contributed by atoms with E-state index in [1.54, 1.807) is 12.1 Å². The standard InChI is InChI=1S/C11H13NO3S/c1-2-3-4-9-15-10-5-7-11(8-6-10)16(12,13)14/h1,5-8H,3-4,9H2,(H2,12,13,14). The Bertz CT molecular complexity index is 471. The zero-order valence-electron chi connectivity index (χ0n) is 8.72. The van der Waals surface area contributed by atoms with E-state index in [-0.39, 0.29) is 4.90 Å². The molecule has 1 rings (SSSR count). The van der Waals surface area contributed by atoms with Crippen LogP contribution in [0.1, 0.15) is 12.8 Å². The van der Waals surface area contributed by atoms with Crippen LogP contribution in [-0.4, -0.2) is 15.0 Å². The van der Waals surface area contributed by atoms with Crippen LogP contribution in [0.15, 0.2) is 29.2 Å². The van der Waals surface area contributed by atoms with E-state index in [2.05, 4.69) is 5.92 Å². The van der Waals surface area contributed by atoms with Gasteiger partial charge in [0.15, 0.2) is 0 Å². The third-order valence-corrected chi connectivity index (χ3v) is 2.82. The van der Waals surface area contributed by atoms with E-state index < -0.39 is 10.0 Å². The fraction of sp³-hybridized carbons (Fsp3) is 0.273. The summed E-state index contributed by atoms with van der Waals surface area (Å²) in [6.45, 7) is 0.513. The lowest BCUT2D eigenvalue weighted by atomic mass is 10.3. The van der Waals surface area contributed by atoms with Gasteiger partial charge in [-0.15, -0.1) is 12.3 Å². The second kappa shape index (κ2) is 5.54. The maximum Gasteiger partial charge on any atom is 0.238 e. The van der Waals surface area contributed by atoms with Crippen molar-refractivity contribution < 1.29 is 13.2 Å². The lowest BCUT2D eigenvalue weighted by Crippen LogP contribution is -2.11. The summed E-state index contributed by atoms with van der Waals surface area (Å²) in [6, 6.07) is 5.95. The summed E-state index contributed by atoms with van der Waals surface area (Å²) in [7, 11) is -3.63. The zero-order chi connectivity index (χ0) is 12.0. The average molecular weight is 239 g/mol. The normalized spacial score (nSPS) is 10.8. The van der Waals surface area contributed by atoms with Gasteiger partial charge in [-0.2, -0.15) is 0 Å². The van der Waals surface area contributed by atoms with Gasteiger partial charge in [-0.1, -0.05) is 0 Å². The summed E-state index contributed by atoms with van der Waals surface area (Å²) in [4.78, 5) is 0.0727. The van der Waals surface area contributed by atoms with Crippen LogP contribution in [0.25, 0.3) is 0 Å². The highest BCUT2D eigenvalue weighted by molar-refractivity contribution is 7.89. The van der Waals surface area contributed by atoms with Gasteiger partial charge in [-0.25, -0.2) is 13.6 Å². The first-order chi connectivity index (χ1) is 7.54. The molecule has 0 bridgehead atoms. The Morgan fingerprint density at radius 1 is 1.31 bits per heavy atom. The first-order valence-corrected chi connectivity index (χ1v) is 6.28. The Kier molecular flexibility index (Phi) is 4.35. The first kappa shape index (κ1) is 12.6. The molecular weight excluding hydrogens is 226 g/mol. The van der Waals surface area contributed by atoms with Crippen molar-refractivity contribution in [3.8, 4) is 18.1 Å². The van der Waals surface area contributed by atoms with Crippen LogP contribution in [0.5, 0.6) is 5.75 Å². The van der Waals surface area contributed by atoms with Crippen molar-refractivity contribution in [2.45, 2.75) is 17.7 Å². The van der Waals surface area contributed by atoms with Gasteiger partial charge in [-0.3, -0.25) is 0 Å². The molecule has 86 valence electrons. The second-order valence-electron chi connectivity index (χ2n) is 3.17. The fourth-order valence-electron chi connectivity index (χ4n) is 1.09. The zero-order valence-corrected chi connectivity index (χ0v) is 9.53. The van der Waals surface area contributed by atoms with Crippen molar-refractivity contribution in [2.24, 2.45) is 5.14 Å². The van der Waals surface area contributed by atoms with Gasteiger partial charge in [0.2, 0.25) is 10.0 Å². The first-order valence-electron chi connectivity index (χ1n) is 4.73. The number of hydrogen-bond acceptors (Lipinski definition) is 3. The molecule has 5 heteroatoms. The molecule has 0 atom stereocenters. The SMILES string of the molecule is C#CCCCOc1ccc(S(N)(=O)=O)cc1. The highest BCUT2D eigenvalue weighted by atomic mass is 32.2. The largest absolute Gasteiger partial charge is 0.494 e. The molecule has 2 N–H and O–H groups in total. The van der Waals surface area contributed by atoms with E-state index in [1.165, 1.54) is 12.1 Å². The Morgan fingerprint density at radius 3 is 2.44 bits per heavy atom. The molecule has 0 saturated carbocycles. The Hall–Kier alpha value is -1.51. The molecule has 0 aliphatic carbocycles. The van der Waals surface area contributed by atoms with Gasteiger partial charge >= 0.3 is 0 Å². The Morgan fingerprint density at radius 2 is 1.94 bits per heavy atom. The number of ether oxygens (including phenoxy) is 1. The summed E-state index contributed by atoms with van der Waals surface area (Å²) in [5, 5.41) is 4.96. The predicted octanol–water partition coefficient (Wildman–Crippen LogP) is 1.13. The molecular formula is C11H13NO3S. The minimum Gasteiger partial charge on any atom is -0.494 e. The van der Waals surface area contributed by atoms with E-state index >= 15 is 0 Å². The highest BCUT2D eigenvalue weighted by Crippen LogP contribution is 2.14. The van der Waals surface area contributed by atoms with Crippen LogP contribution in [0.4, 0.5) is 0 Å². The molecule has 0 saturated heterocycles. The third-order valence-electron chi connectivity index (χ3n) is 1.89. The molecule has 0 aliphatic heterocycles. The fourth-order valence-corrected chi connectivity index (χ4v) is 1.61. The van der Waals surface area contributed by atoms with E-state index in [0.29, 0.717) is 18.8 Å². The molecule has 0 aromatic heterocycles. The summed E-state index contributed by atoms with van der Waals surface area (Å²) < 4.78 is 27.3. The predicted molar refractivity (Wildman–Crippen MR) is 61.4 cm³/mol. The average Bonchev–Trinajstić information content (AvgIpc) is 2.24. The molecule has 16 heavy (non-hydrogen) atoms. The van der Waals surface area contributed by atoms with Gasteiger partial charge in [0.05, 0.1) is 11.5 Å². The van der Waals surface area contributed by atoms with E-state index in [0.717, 1.165) is 6.42 Å². The van der Waals surface area contributed by atoms with Crippen molar-refractivity contribution in [3.05, 3.63) is 24.3 Å². The number of benzene rings is 1. The molecule has 0 spiro atoms. The number of rotatable bonds is 5. The molecule has 1 aromatic rings. The van der Waals surface area contributed by atoms with Crippen LogP contribution in [-0.2, 0) is 10.0 Å². The van der Waals surface area contributed by atoms with E-state index in [9.17, 15) is 8.42 Å². The molecule has 0 aliphatic rings. The van der Waals surface area contributed by atoms with Gasteiger partial charge < -0.3 is 4.74 Å². The number of unbranched alkanes of at least 4 members (excludes halogenated alkanes) is 1. The number of nitrogens with two attached hydrogens (primary N) is 1. The monoisotopic (exact) mass is 239 g/mol. The van der Waals surface area contributed by atoms with Gasteiger partial charge in [0.1, 0.15) is 5.75 Å². The molecule has 0 radical (unpaired) electrons. The quantitative estimate of drug-likeness (QED) is 0.618. The van der Waals surface area contributed by atoms with Crippen molar-refractivity contribution in [2.75, 3.05) is 6.61 Å². The minimum atomic E-state index is -3.63. The Balaban J connectivity index is 2.56. The van der Waals surface area contributed by atoms with Crippen molar-refractivity contribution in [1.82, 2.24) is 0 Å². The maximum absolute atomic E-state index is 11.0. The van der Waals surface area contributed by atoms with Crippen molar-refractivity contribution in [1.29, 1.82) is 0 Å². The molecule has 1 aromatic carbocycles. The van der Waals surface area contributed by atoms with Crippen LogP contribution >= 0.6 is 0 Å². The summed E-state index contributed by atoms with van der Waals surface area (Å²) in [5.41, 5.74) is 0. The van der Waals surface area contributed by atoms with Crippen molar-refractivity contribution in [3.63, 3.8) is 0 Å². The second-order valence-corrected chi connectivity index (χ2v) is 4.73. The smallest absolute Gasteiger partial charge is 0.238 e. The van der Waals surface area contributed by atoms with Gasteiger partial charge in [-0.05, 0) is 30.7 Å². The lowest BCUT2D eigenvalue weighted by molar-refractivity contribution is 0.312. The molecule has 4 nitrogen and oxygen atoms in total. The van der Waals surface area contributed by atoms with Gasteiger partial charge in [0, 0.05) is 6.42 Å². The highest BCUT2D eigenvalue weighted by Gasteiger charge is 2.06. The topological polar surface area (TPSA) is 69.4 Å². The van der Waals surface area contributed by atoms with E-state index in [4.69, 9.17) is 16.3 Å². The third kappa shape index (κ3) is 3.93. The van der Waals surface area contributed by atoms with Crippen molar-refractivity contribution >= 4 is 10.0 Å². The summed E-state index contributed by atoms with van der Waals surface area (Å²) >= 11 is 0. The van der Waals surface area contributed by atoms with Crippen LogP contribution in [0, 0.1) is 12.3 Å². The summed E-state index contributed by atoms with van der Waals surface area (Å²) in [6.07, 6.45) is 6.52. The molecule has 0 heterocycles.